The SMILES string of the molecule is CC1CC2(CCCNC2)CN1C(=O)OC(C)(C)C. The van der Waals surface area contributed by atoms with E-state index in [4.69, 9.17) is 4.74 Å². The predicted octanol–water partition coefficient (Wildman–Crippen LogP) is 2.39. The van der Waals surface area contributed by atoms with Crippen LogP contribution in [0.1, 0.15) is 47.0 Å². The summed E-state index contributed by atoms with van der Waals surface area (Å²) in [6.07, 6.45) is 3.38. The smallest absolute Gasteiger partial charge is 0.410 e. The van der Waals surface area contributed by atoms with Crippen molar-refractivity contribution >= 4 is 6.09 Å². The van der Waals surface area contributed by atoms with Crippen molar-refractivity contribution < 1.29 is 9.53 Å². The van der Waals surface area contributed by atoms with Gasteiger partial charge in [-0.05, 0) is 53.5 Å². The molecule has 1 N–H and O–H groups in total. The van der Waals surface area contributed by atoms with Crippen molar-refractivity contribution in [1.29, 1.82) is 0 Å². The second-order valence-electron chi connectivity index (χ2n) is 6.94. The summed E-state index contributed by atoms with van der Waals surface area (Å²) in [5, 5.41) is 3.47. The maximum Gasteiger partial charge on any atom is 0.410 e. The third kappa shape index (κ3) is 2.97. The Kier molecular flexibility index (Phi) is 3.58. The molecule has 2 aliphatic rings. The van der Waals surface area contributed by atoms with E-state index in [0.29, 0.717) is 6.04 Å². The van der Waals surface area contributed by atoms with Crippen LogP contribution in [0.15, 0.2) is 0 Å². The fourth-order valence-corrected chi connectivity index (χ4v) is 3.22. The van der Waals surface area contributed by atoms with Gasteiger partial charge >= 0.3 is 6.09 Å². The number of nitrogens with zero attached hydrogens (tertiary/aromatic N) is 1. The highest BCUT2D eigenvalue weighted by molar-refractivity contribution is 5.69. The zero-order chi connectivity index (χ0) is 13.4. The molecule has 4 heteroatoms. The molecule has 0 aliphatic carbocycles. The lowest BCUT2D eigenvalue weighted by molar-refractivity contribution is 0.0217. The molecule has 2 saturated heterocycles. The van der Waals surface area contributed by atoms with Crippen LogP contribution in [0.2, 0.25) is 0 Å². The van der Waals surface area contributed by atoms with Crippen molar-refractivity contribution in [2.24, 2.45) is 5.41 Å². The number of carbonyl (C=O) groups is 1. The molecule has 2 unspecified atom stereocenters. The van der Waals surface area contributed by atoms with Gasteiger partial charge in [-0.15, -0.1) is 0 Å². The second-order valence-corrected chi connectivity index (χ2v) is 6.94. The van der Waals surface area contributed by atoms with Gasteiger partial charge in [-0.2, -0.15) is 0 Å². The standard InChI is InChI=1S/C14H26N2O2/c1-11-8-14(6-5-7-15-9-14)10-16(11)12(17)18-13(2,3)4/h11,15H,5-10H2,1-4H3. The number of rotatable bonds is 0. The molecular formula is C14H26N2O2. The monoisotopic (exact) mass is 254 g/mol. The van der Waals surface area contributed by atoms with E-state index >= 15 is 0 Å². The summed E-state index contributed by atoms with van der Waals surface area (Å²) in [6.45, 7) is 10.9. The molecule has 104 valence electrons. The third-order valence-corrected chi connectivity index (χ3v) is 3.95. The summed E-state index contributed by atoms with van der Waals surface area (Å²) in [5.41, 5.74) is -0.119. The quantitative estimate of drug-likeness (QED) is 0.721. The molecule has 2 aliphatic heterocycles. The molecule has 2 rings (SSSR count). The number of piperidine rings is 1. The molecule has 1 amide bonds. The molecule has 2 heterocycles. The highest BCUT2D eigenvalue weighted by atomic mass is 16.6. The summed E-state index contributed by atoms with van der Waals surface area (Å²) in [6, 6.07) is 0.291. The van der Waals surface area contributed by atoms with Crippen LogP contribution in [-0.4, -0.2) is 42.3 Å². The van der Waals surface area contributed by atoms with Crippen LogP contribution in [-0.2, 0) is 4.74 Å². The van der Waals surface area contributed by atoms with E-state index in [1.165, 1.54) is 12.8 Å². The first-order valence-corrected chi connectivity index (χ1v) is 7.02. The molecule has 0 aromatic carbocycles. The average Bonchev–Trinajstić information content (AvgIpc) is 2.54. The second kappa shape index (κ2) is 4.72. The van der Waals surface area contributed by atoms with Crippen LogP contribution in [0.3, 0.4) is 0 Å². The predicted molar refractivity (Wildman–Crippen MR) is 71.6 cm³/mol. The van der Waals surface area contributed by atoms with E-state index in [1.54, 1.807) is 0 Å². The third-order valence-electron chi connectivity index (χ3n) is 3.95. The van der Waals surface area contributed by atoms with Crippen LogP contribution in [0.5, 0.6) is 0 Å². The molecule has 0 bridgehead atoms. The van der Waals surface area contributed by atoms with Crippen molar-refractivity contribution in [3.8, 4) is 0 Å². The number of amides is 1. The Morgan fingerprint density at radius 1 is 1.44 bits per heavy atom. The lowest BCUT2D eigenvalue weighted by atomic mass is 9.79. The maximum absolute atomic E-state index is 12.2. The summed E-state index contributed by atoms with van der Waals surface area (Å²) in [4.78, 5) is 14.1. The van der Waals surface area contributed by atoms with Crippen LogP contribution in [0, 0.1) is 5.41 Å². The van der Waals surface area contributed by atoms with Gasteiger partial charge in [0.15, 0.2) is 0 Å². The van der Waals surface area contributed by atoms with E-state index in [9.17, 15) is 4.79 Å². The van der Waals surface area contributed by atoms with Crippen LogP contribution in [0.25, 0.3) is 0 Å². The molecule has 0 saturated carbocycles. The van der Waals surface area contributed by atoms with Crippen molar-refractivity contribution in [3.05, 3.63) is 0 Å². The van der Waals surface area contributed by atoms with E-state index < -0.39 is 5.60 Å². The normalized spacial score (nSPS) is 32.9. The summed E-state index contributed by atoms with van der Waals surface area (Å²) >= 11 is 0. The Bertz CT molecular complexity index is 316. The van der Waals surface area contributed by atoms with Gasteiger partial charge in [-0.3, -0.25) is 0 Å². The van der Waals surface area contributed by atoms with Gasteiger partial charge < -0.3 is 15.0 Å². The van der Waals surface area contributed by atoms with E-state index in [2.05, 4.69) is 12.2 Å². The first-order chi connectivity index (χ1) is 8.31. The zero-order valence-electron chi connectivity index (χ0n) is 12.1. The number of nitrogens with one attached hydrogen (secondary N) is 1. The fourth-order valence-electron chi connectivity index (χ4n) is 3.22. The van der Waals surface area contributed by atoms with Gasteiger partial charge in [-0.1, -0.05) is 0 Å². The Morgan fingerprint density at radius 2 is 2.17 bits per heavy atom. The van der Waals surface area contributed by atoms with Gasteiger partial charge in [0.05, 0.1) is 0 Å². The highest BCUT2D eigenvalue weighted by Gasteiger charge is 2.45. The molecule has 2 atom stereocenters. The van der Waals surface area contributed by atoms with Crippen molar-refractivity contribution in [1.82, 2.24) is 10.2 Å². The molecule has 4 nitrogen and oxygen atoms in total. The largest absolute Gasteiger partial charge is 0.444 e. The first-order valence-electron chi connectivity index (χ1n) is 7.02. The van der Waals surface area contributed by atoms with Gasteiger partial charge in [0, 0.05) is 24.5 Å². The van der Waals surface area contributed by atoms with Gasteiger partial charge in [0.25, 0.3) is 0 Å². The lowest BCUT2D eigenvalue weighted by Crippen LogP contribution is -2.44. The van der Waals surface area contributed by atoms with Crippen LogP contribution < -0.4 is 5.32 Å². The number of carbonyl (C=O) groups excluding carboxylic acids is 1. The molecule has 18 heavy (non-hydrogen) atoms. The summed E-state index contributed by atoms with van der Waals surface area (Å²) < 4.78 is 5.49. The van der Waals surface area contributed by atoms with Gasteiger partial charge in [-0.25, -0.2) is 4.79 Å². The molecule has 0 radical (unpaired) electrons. The van der Waals surface area contributed by atoms with Gasteiger partial charge in [0.1, 0.15) is 5.60 Å². The Morgan fingerprint density at radius 3 is 2.72 bits per heavy atom. The zero-order valence-corrected chi connectivity index (χ0v) is 12.1. The topological polar surface area (TPSA) is 41.6 Å². The molecular weight excluding hydrogens is 228 g/mol. The number of hydrogen-bond donors (Lipinski definition) is 1. The maximum atomic E-state index is 12.2. The Balaban J connectivity index is 2.00. The van der Waals surface area contributed by atoms with Crippen molar-refractivity contribution in [2.45, 2.75) is 58.6 Å². The highest BCUT2D eigenvalue weighted by Crippen LogP contribution is 2.40. The minimum atomic E-state index is -0.405. The fraction of sp³-hybridized carbons (Fsp3) is 0.929. The molecule has 2 fully saturated rings. The number of likely N-dealkylation sites (tertiary alicyclic amines) is 1. The van der Waals surface area contributed by atoms with E-state index in [-0.39, 0.29) is 11.5 Å². The number of hydrogen-bond acceptors (Lipinski definition) is 3. The summed E-state index contributed by atoms with van der Waals surface area (Å²) in [5.74, 6) is 0. The van der Waals surface area contributed by atoms with Crippen molar-refractivity contribution in [3.63, 3.8) is 0 Å². The van der Waals surface area contributed by atoms with E-state index in [1.807, 2.05) is 25.7 Å². The van der Waals surface area contributed by atoms with Gasteiger partial charge in [0.2, 0.25) is 0 Å². The van der Waals surface area contributed by atoms with E-state index in [0.717, 1.165) is 26.1 Å². The molecule has 0 aromatic rings. The first kappa shape index (κ1) is 13.7. The van der Waals surface area contributed by atoms with Crippen LogP contribution in [0.4, 0.5) is 4.79 Å². The lowest BCUT2D eigenvalue weighted by Gasteiger charge is -2.34. The minimum absolute atomic E-state index is 0.155. The van der Waals surface area contributed by atoms with Crippen LogP contribution >= 0.6 is 0 Å². The summed E-state index contributed by atoms with van der Waals surface area (Å²) in [7, 11) is 0. The average molecular weight is 254 g/mol. The van der Waals surface area contributed by atoms with Crippen molar-refractivity contribution in [2.75, 3.05) is 19.6 Å². The number of ether oxygens (including phenoxy) is 1. The molecule has 0 aromatic heterocycles. The Hall–Kier alpha value is -0.770. The Labute approximate surface area is 110 Å². The minimum Gasteiger partial charge on any atom is -0.444 e. The molecule has 1 spiro atoms.